The first-order valence-corrected chi connectivity index (χ1v) is 11.8. The van der Waals surface area contributed by atoms with Crippen molar-refractivity contribution in [2.45, 2.75) is 38.8 Å². The van der Waals surface area contributed by atoms with E-state index >= 15 is 0 Å². The Morgan fingerprint density at radius 1 is 1.12 bits per heavy atom. The van der Waals surface area contributed by atoms with Crippen molar-refractivity contribution in [3.63, 3.8) is 0 Å². The molecule has 1 aliphatic rings. The fourth-order valence-corrected chi connectivity index (χ4v) is 4.73. The lowest BCUT2D eigenvalue weighted by Crippen LogP contribution is -2.35. The van der Waals surface area contributed by atoms with Crippen LogP contribution in [0.25, 0.3) is 11.3 Å². The molecule has 6 heteroatoms. The average molecular weight is 451 g/mol. The molecule has 0 radical (unpaired) electrons. The number of rotatable bonds is 8. The van der Waals surface area contributed by atoms with Crippen LogP contribution >= 0.6 is 11.6 Å². The summed E-state index contributed by atoms with van der Waals surface area (Å²) in [6.07, 6.45) is 5.97. The minimum absolute atomic E-state index is 0.0978. The molecule has 1 saturated heterocycles. The van der Waals surface area contributed by atoms with Gasteiger partial charge in [-0.15, -0.1) is 0 Å². The van der Waals surface area contributed by atoms with Gasteiger partial charge in [-0.1, -0.05) is 60.1 Å². The van der Waals surface area contributed by atoms with Crippen molar-refractivity contribution >= 4 is 17.5 Å². The average Bonchev–Trinajstić information content (AvgIpc) is 3.18. The first-order chi connectivity index (χ1) is 15.6. The van der Waals surface area contributed by atoms with Crippen LogP contribution in [0.4, 0.5) is 0 Å². The van der Waals surface area contributed by atoms with Gasteiger partial charge in [-0.3, -0.25) is 14.4 Å². The van der Waals surface area contributed by atoms with Crippen molar-refractivity contribution in [1.82, 2.24) is 20.0 Å². The number of likely N-dealkylation sites (tertiary alicyclic amines) is 1. The molecule has 32 heavy (non-hydrogen) atoms. The van der Waals surface area contributed by atoms with Crippen LogP contribution in [0.15, 0.2) is 60.8 Å². The molecular formula is C26H31ClN4O. The maximum atomic E-state index is 12.4. The molecule has 168 valence electrons. The minimum atomic E-state index is 0.0978. The van der Waals surface area contributed by atoms with Crippen molar-refractivity contribution in [2.75, 3.05) is 13.1 Å². The van der Waals surface area contributed by atoms with Gasteiger partial charge in [-0.05, 0) is 43.4 Å². The predicted molar refractivity (Wildman–Crippen MR) is 129 cm³/mol. The van der Waals surface area contributed by atoms with E-state index in [0.717, 1.165) is 42.9 Å². The second-order valence-corrected chi connectivity index (χ2v) is 9.10. The lowest BCUT2D eigenvalue weighted by atomic mass is 9.93. The molecular weight excluding hydrogens is 420 g/mol. The van der Waals surface area contributed by atoms with E-state index in [4.69, 9.17) is 16.7 Å². The number of hydrogen-bond acceptors (Lipinski definition) is 3. The number of hydrogen-bond donors (Lipinski definition) is 1. The van der Waals surface area contributed by atoms with E-state index in [1.54, 1.807) is 0 Å². The Balaban J connectivity index is 1.28. The van der Waals surface area contributed by atoms with Gasteiger partial charge >= 0.3 is 0 Å². The standard InChI is InChI=1S/C26H31ClN4O/c1-30-18-23(26(29-30)21-9-3-2-4-10-21)19-31-15-7-8-20(17-31)13-14-25(32)28-16-22-11-5-6-12-24(22)27/h2-6,9-12,18,20H,7-8,13-17,19H2,1H3,(H,28,32)/t20-/m1/s1. The normalized spacial score (nSPS) is 16.8. The zero-order chi connectivity index (χ0) is 22.3. The van der Waals surface area contributed by atoms with E-state index in [1.165, 1.54) is 18.4 Å². The fourth-order valence-electron chi connectivity index (χ4n) is 4.52. The Morgan fingerprint density at radius 3 is 2.72 bits per heavy atom. The van der Waals surface area contributed by atoms with Crippen molar-refractivity contribution in [3.05, 3.63) is 76.9 Å². The topological polar surface area (TPSA) is 50.2 Å². The van der Waals surface area contributed by atoms with Crippen LogP contribution in [0.1, 0.15) is 36.8 Å². The van der Waals surface area contributed by atoms with Gasteiger partial charge in [-0.25, -0.2) is 0 Å². The number of benzene rings is 2. The molecule has 4 rings (SSSR count). The highest BCUT2D eigenvalue weighted by Gasteiger charge is 2.22. The second-order valence-electron chi connectivity index (χ2n) is 8.69. The lowest BCUT2D eigenvalue weighted by molar-refractivity contribution is -0.121. The van der Waals surface area contributed by atoms with Gasteiger partial charge < -0.3 is 5.32 Å². The van der Waals surface area contributed by atoms with Gasteiger partial charge in [0.25, 0.3) is 0 Å². The zero-order valence-corrected chi connectivity index (χ0v) is 19.4. The summed E-state index contributed by atoms with van der Waals surface area (Å²) in [4.78, 5) is 14.9. The Hall–Kier alpha value is -2.63. The zero-order valence-electron chi connectivity index (χ0n) is 18.6. The molecule has 1 atom stereocenters. The van der Waals surface area contributed by atoms with E-state index in [2.05, 4.69) is 40.7 Å². The van der Waals surface area contributed by atoms with E-state index < -0.39 is 0 Å². The van der Waals surface area contributed by atoms with Gasteiger partial charge in [0, 0.05) is 55.4 Å². The first-order valence-electron chi connectivity index (χ1n) is 11.4. The summed E-state index contributed by atoms with van der Waals surface area (Å²) in [5, 5.41) is 8.41. The minimum Gasteiger partial charge on any atom is -0.352 e. The highest BCUT2D eigenvalue weighted by Crippen LogP contribution is 2.26. The third-order valence-electron chi connectivity index (χ3n) is 6.16. The van der Waals surface area contributed by atoms with Gasteiger partial charge in [0.2, 0.25) is 5.91 Å². The number of nitrogens with one attached hydrogen (secondary N) is 1. The molecule has 1 amide bonds. The van der Waals surface area contributed by atoms with E-state index in [0.29, 0.717) is 23.9 Å². The van der Waals surface area contributed by atoms with Crippen molar-refractivity contribution < 1.29 is 4.79 Å². The molecule has 1 fully saturated rings. The number of carbonyl (C=O) groups is 1. The van der Waals surface area contributed by atoms with Gasteiger partial charge in [0.1, 0.15) is 0 Å². The summed E-state index contributed by atoms with van der Waals surface area (Å²) in [6.45, 7) is 3.51. The number of aromatic nitrogens is 2. The van der Waals surface area contributed by atoms with Gasteiger partial charge in [0.05, 0.1) is 5.69 Å². The Kier molecular flexibility index (Phi) is 7.61. The smallest absolute Gasteiger partial charge is 0.220 e. The van der Waals surface area contributed by atoms with Crippen LogP contribution in [0, 0.1) is 5.92 Å². The molecule has 2 heterocycles. The predicted octanol–water partition coefficient (Wildman–Crippen LogP) is 5.05. The summed E-state index contributed by atoms with van der Waals surface area (Å²) in [6, 6.07) is 18.0. The third kappa shape index (κ3) is 5.99. The quantitative estimate of drug-likeness (QED) is 0.522. The molecule has 0 bridgehead atoms. The monoisotopic (exact) mass is 450 g/mol. The summed E-state index contributed by atoms with van der Waals surface area (Å²) in [7, 11) is 1.98. The summed E-state index contributed by atoms with van der Waals surface area (Å²) in [5.74, 6) is 0.646. The second kappa shape index (κ2) is 10.8. The Morgan fingerprint density at radius 2 is 1.91 bits per heavy atom. The van der Waals surface area contributed by atoms with Crippen LogP contribution in [-0.4, -0.2) is 33.7 Å². The first kappa shape index (κ1) is 22.6. The Bertz CT molecular complexity index is 1030. The van der Waals surface area contributed by atoms with E-state index in [1.807, 2.05) is 42.1 Å². The number of amides is 1. The number of carbonyl (C=O) groups excluding carboxylic acids is 1. The maximum absolute atomic E-state index is 12.4. The third-order valence-corrected chi connectivity index (χ3v) is 6.53. The van der Waals surface area contributed by atoms with Crippen molar-refractivity contribution in [2.24, 2.45) is 13.0 Å². The molecule has 2 aromatic carbocycles. The van der Waals surface area contributed by atoms with Crippen LogP contribution in [0.2, 0.25) is 5.02 Å². The molecule has 3 aromatic rings. The van der Waals surface area contributed by atoms with Crippen molar-refractivity contribution in [1.29, 1.82) is 0 Å². The fraction of sp³-hybridized carbons (Fsp3) is 0.385. The van der Waals surface area contributed by atoms with Gasteiger partial charge in [-0.2, -0.15) is 5.10 Å². The van der Waals surface area contributed by atoms with Crippen LogP contribution in [0.5, 0.6) is 0 Å². The van der Waals surface area contributed by atoms with E-state index in [-0.39, 0.29) is 5.91 Å². The van der Waals surface area contributed by atoms with Crippen LogP contribution in [0.3, 0.4) is 0 Å². The molecule has 0 aliphatic carbocycles. The molecule has 0 saturated carbocycles. The lowest BCUT2D eigenvalue weighted by Gasteiger charge is -2.32. The SMILES string of the molecule is Cn1cc(CN2CCC[C@H](CCC(=O)NCc3ccccc3Cl)C2)c(-c2ccccc2)n1. The van der Waals surface area contributed by atoms with Crippen molar-refractivity contribution in [3.8, 4) is 11.3 Å². The molecule has 1 aromatic heterocycles. The number of piperidine rings is 1. The summed E-state index contributed by atoms with van der Waals surface area (Å²) in [5.41, 5.74) is 4.44. The highest BCUT2D eigenvalue weighted by atomic mass is 35.5. The number of nitrogens with zero attached hydrogens (tertiary/aromatic N) is 3. The maximum Gasteiger partial charge on any atom is 0.220 e. The molecule has 5 nitrogen and oxygen atoms in total. The Labute approximate surface area is 195 Å². The molecule has 1 N–H and O–H groups in total. The van der Waals surface area contributed by atoms with Crippen LogP contribution < -0.4 is 5.32 Å². The molecule has 0 spiro atoms. The largest absolute Gasteiger partial charge is 0.352 e. The summed E-state index contributed by atoms with van der Waals surface area (Å²) < 4.78 is 1.91. The number of halogens is 1. The highest BCUT2D eigenvalue weighted by molar-refractivity contribution is 6.31. The molecule has 1 aliphatic heterocycles. The van der Waals surface area contributed by atoms with Crippen LogP contribution in [-0.2, 0) is 24.9 Å². The molecule has 0 unspecified atom stereocenters. The number of aryl methyl sites for hydroxylation is 1. The van der Waals surface area contributed by atoms with E-state index in [9.17, 15) is 4.79 Å². The summed E-state index contributed by atoms with van der Waals surface area (Å²) >= 11 is 6.18. The van der Waals surface area contributed by atoms with Gasteiger partial charge in [0.15, 0.2) is 0 Å².